The highest BCUT2D eigenvalue weighted by atomic mass is 16.3. The highest BCUT2D eigenvalue weighted by molar-refractivity contribution is 5.49. The SMILES string of the molecule is CC(C)(C)c1cc(CC(N)CO)c(O)c(C(C)(C)C)c1. The molecule has 1 rings (SSSR count). The fourth-order valence-corrected chi connectivity index (χ4v) is 2.20. The van der Waals surface area contributed by atoms with Crippen LogP contribution in [0.1, 0.15) is 58.2 Å². The molecule has 1 unspecified atom stereocenters. The number of benzene rings is 1. The summed E-state index contributed by atoms with van der Waals surface area (Å²) in [6.07, 6.45) is 0.481. The first-order valence-corrected chi connectivity index (χ1v) is 7.20. The minimum Gasteiger partial charge on any atom is -0.507 e. The number of nitrogens with two attached hydrogens (primary N) is 1. The highest BCUT2D eigenvalue weighted by Gasteiger charge is 2.25. The van der Waals surface area contributed by atoms with E-state index in [1.54, 1.807) is 0 Å². The molecule has 0 bridgehead atoms. The maximum absolute atomic E-state index is 10.5. The van der Waals surface area contributed by atoms with Crippen molar-refractivity contribution in [3.63, 3.8) is 0 Å². The van der Waals surface area contributed by atoms with E-state index in [-0.39, 0.29) is 23.5 Å². The van der Waals surface area contributed by atoms with Crippen LogP contribution >= 0.6 is 0 Å². The van der Waals surface area contributed by atoms with Gasteiger partial charge in [0.2, 0.25) is 0 Å². The van der Waals surface area contributed by atoms with Crippen molar-refractivity contribution in [1.29, 1.82) is 0 Å². The van der Waals surface area contributed by atoms with E-state index in [0.29, 0.717) is 12.2 Å². The first kappa shape index (κ1) is 17.0. The Morgan fingerprint density at radius 1 is 1.05 bits per heavy atom. The molecule has 0 spiro atoms. The largest absolute Gasteiger partial charge is 0.507 e. The summed E-state index contributed by atoms with van der Waals surface area (Å²) in [7, 11) is 0. The molecule has 20 heavy (non-hydrogen) atoms. The Balaban J connectivity index is 3.43. The number of aromatic hydroxyl groups is 1. The molecule has 1 atom stereocenters. The van der Waals surface area contributed by atoms with Crippen LogP contribution in [0.2, 0.25) is 0 Å². The van der Waals surface area contributed by atoms with Gasteiger partial charge in [-0.15, -0.1) is 0 Å². The molecular weight excluding hydrogens is 250 g/mol. The highest BCUT2D eigenvalue weighted by Crippen LogP contribution is 2.37. The molecule has 0 amide bonds. The molecule has 114 valence electrons. The lowest BCUT2D eigenvalue weighted by atomic mass is 9.78. The number of hydrogen-bond acceptors (Lipinski definition) is 3. The van der Waals surface area contributed by atoms with Crippen molar-refractivity contribution in [3.8, 4) is 5.75 Å². The topological polar surface area (TPSA) is 66.5 Å². The minimum atomic E-state index is -0.344. The van der Waals surface area contributed by atoms with Crippen molar-refractivity contribution in [2.75, 3.05) is 6.61 Å². The average Bonchev–Trinajstić information content (AvgIpc) is 2.28. The summed E-state index contributed by atoms with van der Waals surface area (Å²) in [5, 5.41) is 19.7. The van der Waals surface area contributed by atoms with Gasteiger partial charge in [0, 0.05) is 6.04 Å². The molecule has 1 aromatic carbocycles. The predicted molar refractivity (Wildman–Crippen MR) is 84.3 cm³/mol. The van der Waals surface area contributed by atoms with Crippen molar-refractivity contribution in [2.45, 2.75) is 64.8 Å². The third-order valence-electron chi connectivity index (χ3n) is 3.58. The van der Waals surface area contributed by atoms with Gasteiger partial charge in [-0.3, -0.25) is 0 Å². The average molecular weight is 279 g/mol. The van der Waals surface area contributed by atoms with Crippen molar-refractivity contribution in [1.82, 2.24) is 0 Å². The molecule has 0 radical (unpaired) electrons. The van der Waals surface area contributed by atoms with Crippen molar-refractivity contribution in [3.05, 3.63) is 28.8 Å². The number of phenols is 1. The number of hydrogen-bond donors (Lipinski definition) is 3. The van der Waals surface area contributed by atoms with Gasteiger partial charge in [0.1, 0.15) is 5.75 Å². The van der Waals surface area contributed by atoms with E-state index >= 15 is 0 Å². The molecule has 0 aliphatic heterocycles. The van der Waals surface area contributed by atoms with E-state index in [2.05, 4.69) is 47.6 Å². The van der Waals surface area contributed by atoms with Gasteiger partial charge >= 0.3 is 0 Å². The Morgan fingerprint density at radius 3 is 2.00 bits per heavy atom. The Bertz CT molecular complexity index is 467. The zero-order valence-electron chi connectivity index (χ0n) is 13.6. The van der Waals surface area contributed by atoms with Crippen LogP contribution < -0.4 is 5.73 Å². The van der Waals surface area contributed by atoms with Gasteiger partial charge in [0.25, 0.3) is 0 Å². The number of aliphatic hydroxyl groups is 1. The zero-order chi connectivity index (χ0) is 15.7. The second-order valence-corrected chi connectivity index (χ2v) is 7.68. The van der Waals surface area contributed by atoms with E-state index in [1.165, 1.54) is 5.56 Å². The zero-order valence-corrected chi connectivity index (χ0v) is 13.6. The molecule has 0 aliphatic rings. The van der Waals surface area contributed by atoms with Gasteiger partial charge in [0.15, 0.2) is 0 Å². The van der Waals surface area contributed by atoms with Crippen LogP contribution in [0, 0.1) is 0 Å². The quantitative estimate of drug-likeness (QED) is 0.797. The van der Waals surface area contributed by atoms with Gasteiger partial charge in [0.05, 0.1) is 6.61 Å². The van der Waals surface area contributed by atoms with Crippen molar-refractivity contribution < 1.29 is 10.2 Å². The summed E-state index contributed by atoms with van der Waals surface area (Å²) in [6.45, 7) is 12.6. The Kier molecular flexibility index (Phi) is 4.88. The molecular formula is C17H29NO2. The smallest absolute Gasteiger partial charge is 0.122 e. The van der Waals surface area contributed by atoms with E-state index in [0.717, 1.165) is 11.1 Å². The predicted octanol–water partition coefficient (Wildman–Crippen LogP) is 2.85. The third kappa shape index (κ3) is 3.97. The molecule has 0 saturated heterocycles. The molecule has 3 nitrogen and oxygen atoms in total. The molecule has 3 heteroatoms. The van der Waals surface area contributed by atoms with Crippen LogP contribution in [0.5, 0.6) is 5.75 Å². The number of phenolic OH excluding ortho intramolecular Hbond substituents is 1. The van der Waals surface area contributed by atoms with Crippen LogP contribution in [-0.4, -0.2) is 22.9 Å². The van der Waals surface area contributed by atoms with Gasteiger partial charge in [-0.1, -0.05) is 53.7 Å². The second-order valence-electron chi connectivity index (χ2n) is 7.68. The molecule has 0 aromatic heterocycles. The second kappa shape index (κ2) is 5.74. The molecule has 0 fully saturated rings. The van der Waals surface area contributed by atoms with E-state index in [1.807, 2.05) is 6.07 Å². The van der Waals surface area contributed by atoms with Crippen LogP contribution in [0.3, 0.4) is 0 Å². The minimum absolute atomic E-state index is 0.00571. The van der Waals surface area contributed by atoms with Crippen LogP contribution in [0.25, 0.3) is 0 Å². The monoisotopic (exact) mass is 279 g/mol. The summed E-state index contributed by atoms with van der Waals surface area (Å²) in [4.78, 5) is 0. The fourth-order valence-electron chi connectivity index (χ4n) is 2.20. The lowest BCUT2D eigenvalue weighted by molar-refractivity contribution is 0.264. The van der Waals surface area contributed by atoms with Crippen molar-refractivity contribution >= 4 is 0 Å². The van der Waals surface area contributed by atoms with E-state index in [4.69, 9.17) is 10.8 Å². The maximum atomic E-state index is 10.5. The summed E-state index contributed by atoms with van der Waals surface area (Å²) in [5.74, 6) is 0.314. The van der Waals surface area contributed by atoms with E-state index < -0.39 is 0 Å². The first-order chi connectivity index (χ1) is 8.96. The van der Waals surface area contributed by atoms with Gasteiger partial charge in [-0.2, -0.15) is 0 Å². The Morgan fingerprint density at radius 2 is 1.60 bits per heavy atom. The lowest BCUT2D eigenvalue weighted by Gasteiger charge is -2.28. The number of aliphatic hydroxyl groups excluding tert-OH is 1. The molecule has 4 N–H and O–H groups in total. The molecule has 0 saturated carbocycles. The van der Waals surface area contributed by atoms with Gasteiger partial charge < -0.3 is 15.9 Å². The van der Waals surface area contributed by atoms with Gasteiger partial charge in [-0.25, -0.2) is 0 Å². The third-order valence-corrected chi connectivity index (χ3v) is 3.58. The van der Waals surface area contributed by atoms with Crippen LogP contribution in [-0.2, 0) is 17.3 Å². The van der Waals surface area contributed by atoms with Crippen LogP contribution in [0.15, 0.2) is 12.1 Å². The fraction of sp³-hybridized carbons (Fsp3) is 0.647. The Labute approximate surface area is 122 Å². The summed E-state index contributed by atoms with van der Waals surface area (Å²) >= 11 is 0. The molecule has 1 aromatic rings. The Hall–Kier alpha value is -1.06. The van der Waals surface area contributed by atoms with Gasteiger partial charge in [-0.05, 0) is 33.9 Å². The first-order valence-electron chi connectivity index (χ1n) is 7.20. The van der Waals surface area contributed by atoms with E-state index in [9.17, 15) is 5.11 Å². The summed E-state index contributed by atoms with van der Waals surface area (Å²) in [6, 6.07) is 3.76. The number of rotatable bonds is 3. The summed E-state index contributed by atoms with van der Waals surface area (Å²) < 4.78 is 0. The van der Waals surface area contributed by atoms with Crippen LogP contribution in [0.4, 0.5) is 0 Å². The molecule has 0 heterocycles. The normalized spacial score (nSPS) is 14.4. The summed E-state index contributed by atoms with van der Waals surface area (Å²) in [5.41, 5.74) is 8.64. The lowest BCUT2D eigenvalue weighted by Crippen LogP contribution is -2.27. The maximum Gasteiger partial charge on any atom is 0.122 e. The standard InChI is InChI=1S/C17H29NO2/c1-16(2,3)12-7-11(8-13(18)10-19)15(20)14(9-12)17(4,5)6/h7,9,13,19-20H,8,10,18H2,1-6H3. The van der Waals surface area contributed by atoms with Crippen molar-refractivity contribution in [2.24, 2.45) is 5.73 Å². The molecule has 0 aliphatic carbocycles.